The predicted molar refractivity (Wildman–Crippen MR) is 270 cm³/mol. The summed E-state index contributed by atoms with van der Waals surface area (Å²) in [5.74, 6) is -1.08. The molecule has 6 heteroatoms. The van der Waals surface area contributed by atoms with Crippen molar-refractivity contribution < 1.29 is 28.6 Å². The van der Waals surface area contributed by atoms with Crippen molar-refractivity contribution in [1.29, 1.82) is 0 Å². The fourth-order valence-electron chi connectivity index (χ4n) is 6.44. The first kappa shape index (κ1) is 59.1. The third-order valence-electron chi connectivity index (χ3n) is 10.2. The summed E-state index contributed by atoms with van der Waals surface area (Å²) in [5, 5.41) is 0. The Hall–Kier alpha value is -3.93. The van der Waals surface area contributed by atoms with E-state index < -0.39 is 12.1 Å². The van der Waals surface area contributed by atoms with Crippen LogP contribution in [0.3, 0.4) is 0 Å². The summed E-state index contributed by atoms with van der Waals surface area (Å²) >= 11 is 0. The minimum absolute atomic E-state index is 0.130. The predicted octanol–water partition coefficient (Wildman–Crippen LogP) is 16.8. The van der Waals surface area contributed by atoms with Crippen LogP contribution in [0, 0.1) is 0 Å². The van der Waals surface area contributed by atoms with Crippen LogP contribution in [0.25, 0.3) is 0 Å². The molecule has 0 spiro atoms. The van der Waals surface area contributed by atoms with Crippen molar-refractivity contribution in [3.05, 3.63) is 109 Å². The summed E-state index contributed by atoms with van der Waals surface area (Å²) in [4.78, 5) is 37.9. The summed E-state index contributed by atoms with van der Waals surface area (Å²) in [6.07, 6.45) is 68.0. The molecule has 0 aromatic rings. The Kier molecular flexibility index (Phi) is 47.5. The van der Waals surface area contributed by atoms with Crippen molar-refractivity contribution in [2.75, 3.05) is 13.2 Å². The summed E-state index contributed by atoms with van der Waals surface area (Å²) in [6.45, 7) is 6.36. The lowest BCUT2D eigenvalue weighted by atomic mass is 10.1. The van der Waals surface area contributed by atoms with Crippen LogP contribution in [0.1, 0.15) is 213 Å². The molecule has 0 aromatic heterocycles. The molecule has 0 rings (SSSR count). The molecule has 0 aliphatic rings. The van der Waals surface area contributed by atoms with E-state index in [0.29, 0.717) is 19.3 Å². The average molecular weight is 873 g/mol. The third-order valence-corrected chi connectivity index (χ3v) is 10.2. The fraction of sp³-hybridized carbons (Fsp3) is 0.632. The van der Waals surface area contributed by atoms with Crippen LogP contribution in [0.4, 0.5) is 0 Å². The first-order valence-electron chi connectivity index (χ1n) is 25.4. The van der Waals surface area contributed by atoms with Crippen molar-refractivity contribution in [3.8, 4) is 0 Å². The van der Waals surface area contributed by atoms with E-state index in [1.54, 1.807) is 0 Å². The zero-order valence-corrected chi connectivity index (χ0v) is 40.5. The lowest BCUT2D eigenvalue weighted by Gasteiger charge is -2.18. The Morgan fingerprint density at radius 3 is 1.14 bits per heavy atom. The molecule has 0 aliphatic heterocycles. The van der Waals surface area contributed by atoms with Gasteiger partial charge in [0.1, 0.15) is 13.2 Å². The molecule has 1 unspecified atom stereocenters. The number of allylic oxidation sites excluding steroid dienone is 18. The van der Waals surface area contributed by atoms with Crippen LogP contribution in [0.5, 0.6) is 0 Å². The van der Waals surface area contributed by atoms with Gasteiger partial charge in [-0.1, -0.05) is 194 Å². The number of carbonyl (C=O) groups excluding carboxylic acids is 3. The summed E-state index contributed by atoms with van der Waals surface area (Å²) in [5.41, 5.74) is 0. The van der Waals surface area contributed by atoms with Gasteiger partial charge < -0.3 is 14.2 Å². The number of carbonyl (C=O) groups is 3. The second-order valence-electron chi connectivity index (χ2n) is 16.3. The summed E-state index contributed by atoms with van der Waals surface area (Å²) in [7, 11) is 0. The van der Waals surface area contributed by atoms with E-state index in [1.165, 1.54) is 77.0 Å². The summed E-state index contributed by atoms with van der Waals surface area (Å²) < 4.78 is 16.6. The largest absolute Gasteiger partial charge is 0.462 e. The van der Waals surface area contributed by atoms with Crippen molar-refractivity contribution >= 4 is 17.9 Å². The highest BCUT2D eigenvalue weighted by atomic mass is 16.6. The maximum absolute atomic E-state index is 12.7. The SMILES string of the molecule is CC/C=C\C/C=C\C/C=C\C/C=C\C/C=C\CCC(=O)OC(COC(=O)CCC/C=C\C/C=C\C/C=C\CCCCCCCC)COC(=O)CCCCCCC/C=C\CCCCC. The van der Waals surface area contributed by atoms with Gasteiger partial charge in [-0.2, -0.15) is 0 Å². The van der Waals surface area contributed by atoms with Crippen LogP contribution in [0.15, 0.2) is 109 Å². The molecule has 1 atom stereocenters. The van der Waals surface area contributed by atoms with Gasteiger partial charge in [0, 0.05) is 19.3 Å². The monoisotopic (exact) mass is 873 g/mol. The van der Waals surface area contributed by atoms with E-state index in [2.05, 4.69) is 118 Å². The van der Waals surface area contributed by atoms with Crippen molar-refractivity contribution in [3.63, 3.8) is 0 Å². The lowest BCUT2D eigenvalue weighted by Crippen LogP contribution is -2.30. The zero-order chi connectivity index (χ0) is 45.8. The van der Waals surface area contributed by atoms with Gasteiger partial charge in [-0.05, 0) is 109 Å². The van der Waals surface area contributed by atoms with Gasteiger partial charge >= 0.3 is 17.9 Å². The molecule has 0 radical (unpaired) electrons. The normalized spacial score (nSPS) is 13.0. The smallest absolute Gasteiger partial charge is 0.306 e. The molecule has 0 bridgehead atoms. The van der Waals surface area contributed by atoms with E-state index in [4.69, 9.17) is 14.2 Å². The molecule has 0 amide bonds. The van der Waals surface area contributed by atoms with E-state index >= 15 is 0 Å². The Labute approximate surface area is 387 Å². The second-order valence-corrected chi connectivity index (χ2v) is 16.3. The van der Waals surface area contributed by atoms with Gasteiger partial charge in [-0.25, -0.2) is 0 Å². The topological polar surface area (TPSA) is 78.9 Å². The molecule has 0 aromatic carbocycles. The molecule has 63 heavy (non-hydrogen) atoms. The maximum Gasteiger partial charge on any atom is 0.306 e. The van der Waals surface area contributed by atoms with E-state index in [-0.39, 0.29) is 38.0 Å². The Morgan fingerprint density at radius 2 is 0.667 bits per heavy atom. The highest BCUT2D eigenvalue weighted by molar-refractivity contribution is 5.71. The van der Waals surface area contributed by atoms with Crippen LogP contribution in [0.2, 0.25) is 0 Å². The minimum Gasteiger partial charge on any atom is -0.462 e. The average Bonchev–Trinajstić information content (AvgIpc) is 3.28. The minimum atomic E-state index is -0.842. The second kappa shape index (κ2) is 50.7. The standard InChI is InChI=1S/C57H92O6/c1-4-7-10-13-16-19-22-25-27-29-31-32-35-38-41-44-47-50-56(59)62-53-54(52-61-55(58)49-46-43-40-37-34-24-21-18-15-12-9-6-3)63-57(60)51-48-45-42-39-36-33-30-28-26-23-20-17-14-11-8-5-2/h8,11,17-18,20-21,25-28,31-33,36,38,41-42,45,54H,4-7,9-10,12-16,19,22-24,29-30,34-35,37,39-40,43-44,46-53H2,1-3H3/b11-8-,20-17-,21-18-,27-25-,28-26-,32-31-,36-33-,41-38-,45-42-. The van der Waals surface area contributed by atoms with Crippen LogP contribution in [-0.4, -0.2) is 37.2 Å². The zero-order valence-electron chi connectivity index (χ0n) is 40.5. The highest BCUT2D eigenvalue weighted by Gasteiger charge is 2.19. The van der Waals surface area contributed by atoms with Crippen LogP contribution < -0.4 is 0 Å². The van der Waals surface area contributed by atoms with Gasteiger partial charge in [0.25, 0.3) is 0 Å². The van der Waals surface area contributed by atoms with Crippen molar-refractivity contribution in [2.45, 2.75) is 219 Å². The molecular weight excluding hydrogens is 781 g/mol. The Balaban J connectivity index is 4.59. The molecule has 0 aliphatic carbocycles. The number of unbranched alkanes of at least 4 members (excludes halogenated alkanes) is 15. The molecule has 356 valence electrons. The number of hydrogen-bond acceptors (Lipinski definition) is 6. The van der Waals surface area contributed by atoms with E-state index in [0.717, 1.165) is 83.5 Å². The first-order valence-corrected chi connectivity index (χ1v) is 25.4. The quantitative estimate of drug-likeness (QED) is 0.0263. The third kappa shape index (κ3) is 49.0. The van der Waals surface area contributed by atoms with Gasteiger partial charge in [-0.15, -0.1) is 0 Å². The van der Waals surface area contributed by atoms with Gasteiger partial charge in [-0.3, -0.25) is 14.4 Å². The highest BCUT2D eigenvalue weighted by Crippen LogP contribution is 2.11. The Bertz CT molecular complexity index is 1330. The number of rotatable bonds is 44. The fourth-order valence-corrected chi connectivity index (χ4v) is 6.44. The molecule has 0 saturated carbocycles. The Morgan fingerprint density at radius 1 is 0.333 bits per heavy atom. The van der Waals surface area contributed by atoms with Crippen molar-refractivity contribution in [1.82, 2.24) is 0 Å². The maximum atomic E-state index is 12.7. The van der Waals surface area contributed by atoms with E-state index in [9.17, 15) is 14.4 Å². The lowest BCUT2D eigenvalue weighted by molar-refractivity contribution is -0.166. The summed E-state index contributed by atoms with van der Waals surface area (Å²) in [6, 6.07) is 0. The number of esters is 3. The number of ether oxygens (including phenoxy) is 3. The van der Waals surface area contributed by atoms with Gasteiger partial charge in [0.05, 0.1) is 0 Å². The van der Waals surface area contributed by atoms with Crippen LogP contribution >= 0.6 is 0 Å². The molecule has 6 nitrogen and oxygen atoms in total. The molecular formula is C57H92O6. The molecule has 0 N–H and O–H groups in total. The van der Waals surface area contributed by atoms with Crippen LogP contribution in [-0.2, 0) is 28.6 Å². The first-order chi connectivity index (χ1) is 31.0. The molecule has 0 fully saturated rings. The van der Waals surface area contributed by atoms with Crippen molar-refractivity contribution in [2.24, 2.45) is 0 Å². The number of hydrogen-bond donors (Lipinski definition) is 0. The van der Waals surface area contributed by atoms with Gasteiger partial charge in [0.15, 0.2) is 6.10 Å². The van der Waals surface area contributed by atoms with E-state index in [1.807, 2.05) is 12.2 Å². The molecule has 0 saturated heterocycles. The molecule has 0 heterocycles. The van der Waals surface area contributed by atoms with Gasteiger partial charge in [0.2, 0.25) is 0 Å².